The van der Waals surface area contributed by atoms with Gasteiger partial charge in [0.15, 0.2) is 0 Å². The van der Waals surface area contributed by atoms with Crippen LogP contribution in [0.1, 0.15) is 28.9 Å². The van der Waals surface area contributed by atoms with Gasteiger partial charge in [-0.1, -0.05) is 29.8 Å². The molecule has 1 aromatic carbocycles. The van der Waals surface area contributed by atoms with Crippen LogP contribution in [0.5, 0.6) is 0 Å². The van der Waals surface area contributed by atoms with Gasteiger partial charge in [0.1, 0.15) is 0 Å². The number of allylic oxidation sites excluding steroid dienone is 2. The summed E-state index contributed by atoms with van der Waals surface area (Å²) in [6.45, 7) is 6.09. The van der Waals surface area contributed by atoms with E-state index in [4.69, 9.17) is 11.6 Å². The van der Waals surface area contributed by atoms with Gasteiger partial charge in [0.25, 0.3) is 11.8 Å². The first-order chi connectivity index (χ1) is 14.9. The Balaban J connectivity index is 1.32. The number of hydrogen-bond acceptors (Lipinski definition) is 3. The number of hydrazone groups is 1. The van der Waals surface area contributed by atoms with Gasteiger partial charge in [-0.15, -0.1) is 0 Å². The number of amides is 2. The molecule has 4 aliphatic carbocycles. The van der Waals surface area contributed by atoms with Crippen molar-refractivity contribution in [2.45, 2.75) is 27.2 Å². The average molecular weight is 434 g/mol. The van der Waals surface area contributed by atoms with Crippen molar-refractivity contribution in [1.29, 1.82) is 0 Å². The average Bonchev–Trinajstić information content (AvgIpc) is 3.47. The number of hydrogen-bond donors (Lipinski definition) is 0. The van der Waals surface area contributed by atoms with Crippen molar-refractivity contribution in [1.82, 2.24) is 9.58 Å². The predicted octanol–water partition coefficient (Wildman–Crippen LogP) is 4.44. The normalized spacial score (nSPS) is 32.8. The quantitative estimate of drug-likeness (QED) is 0.408. The highest BCUT2D eigenvalue weighted by atomic mass is 35.5. The van der Waals surface area contributed by atoms with Crippen molar-refractivity contribution >= 4 is 29.6 Å². The van der Waals surface area contributed by atoms with Crippen molar-refractivity contribution in [2.24, 2.45) is 40.6 Å². The third-order valence-corrected chi connectivity index (χ3v) is 8.07. The first-order valence-electron chi connectivity index (χ1n) is 10.9. The summed E-state index contributed by atoms with van der Waals surface area (Å²) in [6, 6.07) is 7.86. The van der Waals surface area contributed by atoms with E-state index in [2.05, 4.69) is 28.7 Å². The molecule has 1 saturated heterocycles. The molecular formula is C25H24ClN3O2. The molecule has 3 fully saturated rings. The van der Waals surface area contributed by atoms with E-state index in [1.807, 2.05) is 38.1 Å². The summed E-state index contributed by atoms with van der Waals surface area (Å²) >= 11 is 6.23. The fraction of sp³-hybridized carbons (Fsp3) is 0.400. The highest BCUT2D eigenvalue weighted by molar-refractivity contribution is 6.30. The van der Waals surface area contributed by atoms with Gasteiger partial charge >= 0.3 is 0 Å². The van der Waals surface area contributed by atoms with E-state index in [9.17, 15) is 9.59 Å². The standard InChI is InChI=1S/C25H24ClN3O2/c1-12-4-5-16(26)9-21(12)28-13(2)8-15(14(28)3)11-27-29-24(30)22-17-6-7-18(20-10-19(17)20)23(22)25(29)31/h4-9,11,17-20,22-23H,10H2,1-3H3/b27-11-/t17-,18-,19-,20-,22+,23+/m0/s1. The molecule has 7 rings (SSSR count). The minimum Gasteiger partial charge on any atom is -0.318 e. The Kier molecular flexibility index (Phi) is 3.95. The number of rotatable bonds is 3. The highest BCUT2D eigenvalue weighted by Crippen LogP contribution is 2.65. The van der Waals surface area contributed by atoms with Crippen molar-refractivity contribution < 1.29 is 9.59 Å². The van der Waals surface area contributed by atoms with Crippen molar-refractivity contribution in [2.75, 3.05) is 0 Å². The minimum absolute atomic E-state index is 0.129. The van der Waals surface area contributed by atoms with Crippen LogP contribution >= 0.6 is 11.6 Å². The number of carbonyl (C=O) groups is 2. The fourth-order valence-electron chi connectivity index (χ4n) is 6.29. The zero-order chi connectivity index (χ0) is 21.6. The number of carbonyl (C=O) groups excluding carboxylic acids is 2. The minimum atomic E-state index is -0.218. The third-order valence-electron chi connectivity index (χ3n) is 7.83. The molecule has 0 N–H and O–H groups in total. The number of halogens is 1. The second-order valence-electron chi connectivity index (χ2n) is 9.48. The molecule has 2 bridgehead atoms. The second kappa shape index (κ2) is 6.42. The van der Waals surface area contributed by atoms with Gasteiger partial charge in [-0.2, -0.15) is 10.1 Å². The van der Waals surface area contributed by atoms with Gasteiger partial charge in [0.05, 0.1) is 18.1 Å². The Morgan fingerprint density at radius 3 is 2.29 bits per heavy atom. The van der Waals surface area contributed by atoms with Gasteiger partial charge in [0, 0.05) is 27.7 Å². The molecule has 2 heterocycles. The Morgan fingerprint density at radius 2 is 1.65 bits per heavy atom. The molecular weight excluding hydrogens is 410 g/mol. The van der Waals surface area contributed by atoms with E-state index < -0.39 is 0 Å². The number of nitrogens with zero attached hydrogens (tertiary/aromatic N) is 3. The molecule has 2 amide bonds. The molecule has 158 valence electrons. The summed E-state index contributed by atoms with van der Waals surface area (Å²) in [6.07, 6.45) is 7.18. The van der Waals surface area contributed by atoms with Crippen LogP contribution in [0.3, 0.4) is 0 Å². The van der Waals surface area contributed by atoms with Crippen LogP contribution in [-0.4, -0.2) is 27.6 Å². The van der Waals surface area contributed by atoms with Crippen molar-refractivity contribution in [3.63, 3.8) is 0 Å². The van der Waals surface area contributed by atoms with Crippen LogP contribution in [0.4, 0.5) is 0 Å². The molecule has 6 atom stereocenters. The zero-order valence-corrected chi connectivity index (χ0v) is 18.5. The van der Waals surface area contributed by atoms with Crippen molar-refractivity contribution in [3.05, 3.63) is 64.0 Å². The smallest absolute Gasteiger partial charge is 0.254 e. The van der Waals surface area contributed by atoms with E-state index >= 15 is 0 Å². The van der Waals surface area contributed by atoms with E-state index in [-0.39, 0.29) is 35.5 Å². The lowest BCUT2D eigenvalue weighted by Crippen LogP contribution is -2.40. The number of imide groups is 1. The Labute approximate surface area is 186 Å². The second-order valence-corrected chi connectivity index (χ2v) is 9.92. The van der Waals surface area contributed by atoms with Crippen LogP contribution in [0.2, 0.25) is 5.02 Å². The van der Waals surface area contributed by atoms with E-state index in [1.165, 1.54) is 0 Å². The summed E-state index contributed by atoms with van der Waals surface area (Å²) in [5.41, 5.74) is 5.05. The maximum Gasteiger partial charge on any atom is 0.254 e. The molecule has 2 saturated carbocycles. The molecule has 31 heavy (non-hydrogen) atoms. The highest BCUT2D eigenvalue weighted by Gasteiger charge is 2.67. The van der Waals surface area contributed by atoms with Gasteiger partial charge in [-0.3, -0.25) is 9.59 Å². The summed E-state index contributed by atoms with van der Waals surface area (Å²) in [7, 11) is 0. The van der Waals surface area contributed by atoms with E-state index in [1.54, 1.807) is 6.21 Å². The summed E-state index contributed by atoms with van der Waals surface area (Å²) in [5, 5.41) is 6.23. The maximum absolute atomic E-state index is 13.1. The van der Waals surface area contributed by atoms with Gasteiger partial charge in [0.2, 0.25) is 0 Å². The van der Waals surface area contributed by atoms with Gasteiger partial charge in [-0.25, -0.2) is 0 Å². The first kappa shape index (κ1) is 19.1. The Bertz CT molecular complexity index is 1170. The lowest BCUT2D eigenvalue weighted by Gasteiger charge is -2.37. The SMILES string of the molecule is Cc1ccc(Cl)cc1-n1c(C)cc(/C=N\N2C(=O)[C@@H]3[C@H]4C=C[C@@H]([C@@H]5C[C@@H]45)[C@H]3C2=O)c1C. The fourth-order valence-corrected chi connectivity index (χ4v) is 6.45. The van der Waals surface area contributed by atoms with Crippen LogP contribution in [-0.2, 0) is 9.59 Å². The van der Waals surface area contributed by atoms with Crippen LogP contribution in [0.25, 0.3) is 5.69 Å². The van der Waals surface area contributed by atoms with Crippen LogP contribution < -0.4 is 0 Å². The molecule has 2 aromatic rings. The molecule has 0 radical (unpaired) electrons. The van der Waals surface area contributed by atoms with Crippen LogP contribution in [0, 0.1) is 56.3 Å². The molecule has 1 aliphatic heterocycles. The summed E-state index contributed by atoms with van der Waals surface area (Å²) in [4.78, 5) is 26.2. The number of benzene rings is 1. The Hall–Kier alpha value is -2.66. The van der Waals surface area contributed by atoms with E-state index in [0.717, 1.165) is 39.6 Å². The zero-order valence-electron chi connectivity index (χ0n) is 17.7. The molecule has 0 unspecified atom stereocenters. The van der Waals surface area contributed by atoms with Crippen molar-refractivity contribution in [3.8, 4) is 5.69 Å². The largest absolute Gasteiger partial charge is 0.318 e. The lowest BCUT2D eigenvalue weighted by atomic mass is 9.63. The molecule has 6 heteroatoms. The van der Waals surface area contributed by atoms with Crippen LogP contribution in [0.15, 0.2) is 41.5 Å². The Morgan fingerprint density at radius 1 is 1.00 bits per heavy atom. The molecule has 0 spiro atoms. The predicted molar refractivity (Wildman–Crippen MR) is 119 cm³/mol. The topological polar surface area (TPSA) is 54.7 Å². The molecule has 5 nitrogen and oxygen atoms in total. The lowest BCUT2D eigenvalue weighted by molar-refractivity contribution is -0.140. The number of aromatic nitrogens is 1. The monoisotopic (exact) mass is 433 g/mol. The third kappa shape index (κ3) is 2.59. The maximum atomic E-state index is 13.1. The molecule has 1 aromatic heterocycles. The number of aryl methyl sites for hydroxylation is 2. The summed E-state index contributed by atoms with van der Waals surface area (Å²) < 4.78 is 2.13. The van der Waals surface area contributed by atoms with Gasteiger partial charge < -0.3 is 4.57 Å². The van der Waals surface area contributed by atoms with Gasteiger partial charge in [-0.05, 0) is 74.6 Å². The summed E-state index contributed by atoms with van der Waals surface area (Å²) in [5.74, 6) is 0.925. The van der Waals surface area contributed by atoms with E-state index in [0.29, 0.717) is 16.9 Å². The first-order valence-corrected chi connectivity index (χ1v) is 11.3. The molecule has 5 aliphatic rings.